The number of hydrogen-bond acceptors (Lipinski definition) is 2. The van der Waals surface area contributed by atoms with Gasteiger partial charge >= 0.3 is 0 Å². The first-order valence-corrected chi connectivity index (χ1v) is 4.16. The van der Waals surface area contributed by atoms with Crippen molar-refractivity contribution in [1.29, 1.82) is 0 Å². The quantitative estimate of drug-likeness (QED) is 0.298. The summed E-state index contributed by atoms with van der Waals surface area (Å²) in [5.41, 5.74) is 2.26. The summed E-state index contributed by atoms with van der Waals surface area (Å²) >= 11 is 0. The SMILES string of the molecule is C=CCON=Cc1cccc(C)c1. The second-order valence-electron chi connectivity index (χ2n) is 2.73. The standard InChI is InChI=1S/C11H13NO/c1-3-7-13-12-9-11-6-4-5-10(2)8-11/h3-6,8-9H,1,7H2,2H3. The smallest absolute Gasteiger partial charge is 0.135 e. The molecule has 0 saturated heterocycles. The lowest BCUT2D eigenvalue weighted by Gasteiger charge is -1.95. The second kappa shape index (κ2) is 5.14. The highest BCUT2D eigenvalue weighted by Gasteiger charge is 1.87. The van der Waals surface area contributed by atoms with Crippen LogP contribution in [0.3, 0.4) is 0 Å². The molecule has 0 saturated carbocycles. The van der Waals surface area contributed by atoms with Gasteiger partial charge in [0.25, 0.3) is 0 Å². The van der Waals surface area contributed by atoms with E-state index in [1.165, 1.54) is 5.56 Å². The number of rotatable bonds is 4. The Morgan fingerprint density at radius 3 is 3.08 bits per heavy atom. The Kier molecular flexibility index (Phi) is 3.76. The first-order valence-electron chi connectivity index (χ1n) is 4.16. The van der Waals surface area contributed by atoms with Gasteiger partial charge in [0, 0.05) is 0 Å². The minimum absolute atomic E-state index is 0.447. The maximum absolute atomic E-state index is 4.88. The third-order valence-electron chi connectivity index (χ3n) is 1.51. The maximum atomic E-state index is 4.88. The molecule has 0 aliphatic heterocycles. The highest BCUT2D eigenvalue weighted by Crippen LogP contribution is 2.00. The molecule has 1 aromatic rings. The van der Waals surface area contributed by atoms with Crippen LogP contribution in [-0.2, 0) is 4.84 Å². The number of oxime groups is 1. The van der Waals surface area contributed by atoms with Crippen LogP contribution in [0.5, 0.6) is 0 Å². The van der Waals surface area contributed by atoms with Crippen molar-refractivity contribution in [1.82, 2.24) is 0 Å². The lowest BCUT2D eigenvalue weighted by atomic mass is 10.2. The van der Waals surface area contributed by atoms with Crippen molar-refractivity contribution >= 4 is 6.21 Å². The van der Waals surface area contributed by atoms with Gasteiger partial charge in [-0.05, 0) is 12.5 Å². The van der Waals surface area contributed by atoms with Crippen molar-refractivity contribution in [3.05, 3.63) is 48.0 Å². The molecule has 0 unspecified atom stereocenters. The van der Waals surface area contributed by atoms with Gasteiger partial charge in [0.05, 0.1) is 6.21 Å². The van der Waals surface area contributed by atoms with Crippen molar-refractivity contribution in [3.8, 4) is 0 Å². The second-order valence-corrected chi connectivity index (χ2v) is 2.73. The zero-order valence-corrected chi connectivity index (χ0v) is 7.73. The highest BCUT2D eigenvalue weighted by molar-refractivity contribution is 5.79. The van der Waals surface area contributed by atoms with E-state index < -0.39 is 0 Å². The van der Waals surface area contributed by atoms with Crippen LogP contribution in [0.25, 0.3) is 0 Å². The molecule has 0 heterocycles. The van der Waals surface area contributed by atoms with E-state index in [-0.39, 0.29) is 0 Å². The van der Waals surface area contributed by atoms with Gasteiger partial charge in [-0.3, -0.25) is 0 Å². The molecule has 0 bridgehead atoms. The molecule has 0 aliphatic rings. The first-order chi connectivity index (χ1) is 6.33. The normalized spacial score (nSPS) is 10.2. The monoisotopic (exact) mass is 175 g/mol. The van der Waals surface area contributed by atoms with Gasteiger partial charge in [-0.1, -0.05) is 47.6 Å². The van der Waals surface area contributed by atoms with E-state index in [2.05, 4.69) is 11.7 Å². The van der Waals surface area contributed by atoms with Gasteiger partial charge in [-0.25, -0.2) is 0 Å². The van der Waals surface area contributed by atoms with E-state index in [1.807, 2.05) is 31.2 Å². The molecule has 2 heteroatoms. The van der Waals surface area contributed by atoms with E-state index in [0.717, 1.165) is 5.56 Å². The summed E-state index contributed by atoms with van der Waals surface area (Å²) < 4.78 is 0. The molecule has 1 aromatic carbocycles. The molecular formula is C11H13NO. The van der Waals surface area contributed by atoms with Gasteiger partial charge in [0.15, 0.2) is 0 Å². The van der Waals surface area contributed by atoms with E-state index in [1.54, 1.807) is 12.3 Å². The molecule has 0 spiro atoms. The molecule has 0 N–H and O–H groups in total. The third kappa shape index (κ3) is 3.56. The Hall–Kier alpha value is -1.57. The van der Waals surface area contributed by atoms with Crippen molar-refractivity contribution in [2.45, 2.75) is 6.92 Å². The molecule has 0 aliphatic carbocycles. The molecule has 68 valence electrons. The van der Waals surface area contributed by atoms with Gasteiger partial charge in [-0.15, -0.1) is 0 Å². The summed E-state index contributed by atoms with van der Waals surface area (Å²) in [6.07, 6.45) is 3.35. The third-order valence-corrected chi connectivity index (χ3v) is 1.51. The summed E-state index contributed by atoms with van der Waals surface area (Å²) in [6, 6.07) is 8.06. The zero-order valence-electron chi connectivity index (χ0n) is 7.73. The molecule has 0 aromatic heterocycles. The van der Waals surface area contributed by atoms with E-state index >= 15 is 0 Å². The maximum Gasteiger partial charge on any atom is 0.135 e. The number of nitrogens with zero attached hydrogens (tertiary/aromatic N) is 1. The zero-order chi connectivity index (χ0) is 9.52. The van der Waals surface area contributed by atoms with Crippen LogP contribution >= 0.6 is 0 Å². The minimum atomic E-state index is 0.447. The Morgan fingerprint density at radius 2 is 2.38 bits per heavy atom. The Morgan fingerprint density at radius 1 is 1.54 bits per heavy atom. The minimum Gasteiger partial charge on any atom is -0.392 e. The lowest BCUT2D eigenvalue weighted by molar-refractivity contribution is 0.176. The van der Waals surface area contributed by atoms with Crippen LogP contribution in [0.4, 0.5) is 0 Å². The Balaban J connectivity index is 2.53. The van der Waals surface area contributed by atoms with E-state index in [9.17, 15) is 0 Å². The fourth-order valence-electron chi connectivity index (χ4n) is 0.944. The van der Waals surface area contributed by atoms with Gasteiger partial charge in [0.2, 0.25) is 0 Å². The molecule has 0 amide bonds. The van der Waals surface area contributed by atoms with Crippen molar-refractivity contribution in [2.24, 2.45) is 5.16 Å². The van der Waals surface area contributed by atoms with Crippen molar-refractivity contribution < 1.29 is 4.84 Å². The Labute approximate surface area is 78.5 Å². The predicted molar refractivity (Wildman–Crippen MR) is 54.9 cm³/mol. The molecule has 0 fully saturated rings. The molecule has 0 atom stereocenters. The predicted octanol–water partition coefficient (Wildman–Crippen LogP) is 2.53. The van der Waals surface area contributed by atoms with Crippen LogP contribution in [0.1, 0.15) is 11.1 Å². The van der Waals surface area contributed by atoms with Gasteiger partial charge in [-0.2, -0.15) is 0 Å². The number of benzene rings is 1. The molecular weight excluding hydrogens is 162 g/mol. The largest absolute Gasteiger partial charge is 0.392 e. The first kappa shape index (κ1) is 9.52. The van der Waals surface area contributed by atoms with Crippen LogP contribution in [0.15, 0.2) is 42.1 Å². The van der Waals surface area contributed by atoms with Crippen LogP contribution < -0.4 is 0 Å². The molecule has 2 nitrogen and oxygen atoms in total. The van der Waals surface area contributed by atoms with Gasteiger partial charge in [0.1, 0.15) is 6.61 Å². The summed E-state index contributed by atoms with van der Waals surface area (Å²) in [6.45, 7) is 6.01. The fraction of sp³-hybridized carbons (Fsp3) is 0.182. The number of hydrogen-bond donors (Lipinski definition) is 0. The van der Waals surface area contributed by atoms with E-state index in [0.29, 0.717) is 6.61 Å². The van der Waals surface area contributed by atoms with Crippen LogP contribution in [0, 0.1) is 6.92 Å². The molecule has 13 heavy (non-hydrogen) atoms. The average Bonchev–Trinajstić information content (AvgIpc) is 2.13. The average molecular weight is 175 g/mol. The molecule has 0 radical (unpaired) electrons. The topological polar surface area (TPSA) is 21.6 Å². The van der Waals surface area contributed by atoms with Gasteiger partial charge < -0.3 is 4.84 Å². The number of aryl methyl sites for hydroxylation is 1. The summed E-state index contributed by atoms with van der Waals surface area (Å²) in [7, 11) is 0. The lowest BCUT2D eigenvalue weighted by Crippen LogP contribution is -1.85. The molecule has 1 rings (SSSR count). The Bertz CT molecular complexity index is 305. The summed E-state index contributed by atoms with van der Waals surface area (Å²) in [4.78, 5) is 4.88. The van der Waals surface area contributed by atoms with Crippen molar-refractivity contribution in [2.75, 3.05) is 6.61 Å². The van der Waals surface area contributed by atoms with Crippen LogP contribution in [0.2, 0.25) is 0 Å². The van der Waals surface area contributed by atoms with E-state index in [4.69, 9.17) is 4.84 Å². The van der Waals surface area contributed by atoms with Crippen LogP contribution in [-0.4, -0.2) is 12.8 Å². The van der Waals surface area contributed by atoms with Crippen molar-refractivity contribution in [3.63, 3.8) is 0 Å². The summed E-state index contributed by atoms with van der Waals surface area (Å²) in [5, 5.41) is 3.78. The highest BCUT2D eigenvalue weighted by atomic mass is 16.6. The summed E-state index contributed by atoms with van der Waals surface area (Å²) in [5.74, 6) is 0. The fourth-order valence-corrected chi connectivity index (χ4v) is 0.944.